The van der Waals surface area contributed by atoms with Crippen LogP contribution in [0.15, 0.2) is 24.3 Å². The lowest BCUT2D eigenvalue weighted by Gasteiger charge is -2.43. The van der Waals surface area contributed by atoms with Gasteiger partial charge in [0, 0.05) is 10.7 Å². The molecule has 1 aliphatic rings. The van der Waals surface area contributed by atoms with Gasteiger partial charge in [-0.25, -0.2) is 0 Å². The van der Waals surface area contributed by atoms with Crippen LogP contribution < -0.4 is 5.32 Å². The Balaban J connectivity index is 2.08. The lowest BCUT2D eigenvalue weighted by molar-refractivity contribution is 0.124. The first-order chi connectivity index (χ1) is 10.2. The molecule has 124 valence electrons. The zero-order valence-corrected chi connectivity index (χ0v) is 16.3. The highest BCUT2D eigenvalue weighted by molar-refractivity contribution is 6.74. The first-order valence-corrected chi connectivity index (χ1v) is 11.7. The van der Waals surface area contributed by atoms with Gasteiger partial charge < -0.3 is 9.74 Å². The number of rotatable bonds is 4. The second kappa shape index (κ2) is 6.94. The topological polar surface area (TPSA) is 21.3 Å². The van der Waals surface area contributed by atoms with Crippen molar-refractivity contribution in [1.82, 2.24) is 0 Å². The van der Waals surface area contributed by atoms with Gasteiger partial charge in [0.05, 0.1) is 12.1 Å². The second-order valence-electron chi connectivity index (χ2n) is 7.96. The van der Waals surface area contributed by atoms with E-state index in [9.17, 15) is 0 Å². The van der Waals surface area contributed by atoms with Crippen molar-refractivity contribution in [3.05, 3.63) is 29.3 Å². The molecule has 1 aliphatic carbocycles. The standard InChI is InChI=1S/C18H30ClNOSi/c1-18(2,3)22(4,5)21-17-12-7-6-11-16(17)20-15-10-8-9-14(19)13-15/h8-10,13,16-17,20H,6-7,11-12H2,1-5H3/t16-,17-/m1/s1. The van der Waals surface area contributed by atoms with Crippen LogP contribution in [-0.2, 0) is 4.43 Å². The quantitative estimate of drug-likeness (QED) is 0.670. The molecule has 0 aliphatic heterocycles. The molecule has 1 fully saturated rings. The highest BCUT2D eigenvalue weighted by Gasteiger charge is 2.41. The van der Waals surface area contributed by atoms with Gasteiger partial charge in [0.2, 0.25) is 0 Å². The van der Waals surface area contributed by atoms with Gasteiger partial charge in [0.25, 0.3) is 0 Å². The Morgan fingerprint density at radius 2 is 1.86 bits per heavy atom. The van der Waals surface area contributed by atoms with Gasteiger partial charge in [0.1, 0.15) is 0 Å². The van der Waals surface area contributed by atoms with Crippen molar-refractivity contribution in [1.29, 1.82) is 0 Å². The first kappa shape index (κ1) is 17.8. The Bertz CT molecular complexity index is 498. The average molecular weight is 340 g/mol. The number of hydrogen-bond acceptors (Lipinski definition) is 2. The molecule has 0 bridgehead atoms. The summed E-state index contributed by atoms with van der Waals surface area (Å²) in [5, 5.41) is 4.69. The number of anilines is 1. The van der Waals surface area contributed by atoms with Gasteiger partial charge in [0.15, 0.2) is 8.32 Å². The van der Waals surface area contributed by atoms with Crippen molar-refractivity contribution >= 4 is 25.6 Å². The lowest BCUT2D eigenvalue weighted by atomic mass is 9.92. The minimum Gasteiger partial charge on any atom is -0.412 e. The van der Waals surface area contributed by atoms with E-state index in [2.05, 4.69) is 45.2 Å². The molecule has 0 heterocycles. The van der Waals surface area contributed by atoms with Crippen LogP contribution in [0.2, 0.25) is 23.2 Å². The van der Waals surface area contributed by atoms with Crippen molar-refractivity contribution < 1.29 is 4.43 Å². The van der Waals surface area contributed by atoms with Crippen molar-refractivity contribution in [2.24, 2.45) is 0 Å². The van der Waals surface area contributed by atoms with Crippen molar-refractivity contribution in [2.75, 3.05) is 5.32 Å². The zero-order chi connectivity index (χ0) is 16.4. The summed E-state index contributed by atoms with van der Waals surface area (Å²) in [6.07, 6.45) is 5.19. The van der Waals surface area contributed by atoms with E-state index in [4.69, 9.17) is 16.0 Å². The van der Waals surface area contributed by atoms with Crippen LogP contribution in [0.25, 0.3) is 0 Å². The molecule has 1 aromatic carbocycles. The minimum atomic E-state index is -1.73. The number of nitrogens with one attached hydrogen (secondary N) is 1. The Morgan fingerprint density at radius 1 is 1.18 bits per heavy atom. The van der Waals surface area contributed by atoms with Gasteiger partial charge in [-0.1, -0.05) is 51.3 Å². The molecule has 1 saturated carbocycles. The maximum atomic E-state index is 6.70. The number of benzene rings is 1. The molecule has 0 amide bonds. The Morgan fingerprint density at radius 3 is 2.50 bits per heavy atom. The first-order valence-electron chi connectivity index (χ1n) is 8.39. The van der Waals surface area contributed by atoms with Gasteiger partial charge in [-0.3, -0.25) is 0 Å². The largest absolute Gasteiger partial charge is 0.412 e. The predicted molar refractivity (Wildman–Crippen MR) is 99.4 cm³/mol. The normalized spacial score (nSPS) is 23.4. The summed E-state index contributed by atoms with van der Waals surface area (Å²) >= 11 is 6.10. The maximum absolute atomic E-state index is 6.70. The zero-order valence-electron chi connectivity index (χ0n) is 14.6. The third kappa shape index (κ3) is 4.50. The van der Waals surface area contributed by atoms with Gasteiger partial charge in [-0.2, -0.15) is 0 Å². The predicted octanol–water partition coefficient (Wildman–Crippen LogP) is 6.08. The highest BCUT2D eigenvalue weighted by Crippen LogP contribution is 2.39. The van der Waals surface area contributed by atoms with Crippen molar-refractivity contribution in [3.8, 4) is 0 Å². The molecular formula is C18H30ClNOSi. The van der Waals surface area contributed by atoms with Gasteiger partial charge >= 0.3 is 0 Å². The van der Waals surface area contributed by atoms with E-state index in [1.165, 1.54) is 19.3 Å². The van der Waals surface area contributed by atoms with E-state index in [0.29, 0.717) is 12.1 Å². The van der Waals surface area contributed by atoms with Crippen molar-refractivity contribution in [3.63, 3.8) is 0 Å². The molecule has 0 unspecified atom stereocenters. The van der Waals surface area contributed by atoms with Crippen LogP contribution in [-0.4, -0.2) is 20.5 Å². The molecule has 0 radical (unpaired) electrons. The molecule has 2 nitrogen and oxygen atoms in total. The smallest absolute Gasteiger partial charge is 0.192 e. The van der Waals surface area contributed by atoms with Gasteiger partial charge in [-0.15, -0.1) is 0 Å². The highest BCUT2D eigenvalue weighted by atomic mass is 35.5. The SMILES string of the molecule is CC(C)(C)[Si](C)(C)O[C@@H]1CCCC[C@H]1Nc1cccc(Cl)c1. The molecule has 0 saturated heterocycles. The summed E-state index contributed by atoms with van der Waals surface area (Å²) in [6.45, 7) is 11.6. The molecule has 4 heteroatoms. The molecule has 2 atom stereocenters. The molecular weight excluding hydrogens is 310 g/mol. The molecule has 0 spiro atoms. The van der Waals surface area contributed by atoms with Crippen LogP contribution in [0.3, 0.4) is 0 Å². The average Bonchev–Trinajstić information content (AvgIpc) is 2.39. The monoisotopic (exact) mass is 339 g/mol. The van der Waals surface area contributed by atoms with Crippen LogP contribution in [0.4, 0.5) is 5.69 Å². The summed E-state index contributed by atoms with van der Waals surface area (Å²) < 4.78 is 6.70. The lowest BCUT2D eigenvalue weighted by Crippen LogP contribution is -2.49. The second-order valence-corrected chi connectivity index (χ2v) is 13.2. The van der Waals surface area contributed by atoms with E-state index in [0.717, 1.165) is 17.1 Å². The molecule has 2 rings (SSSR count). The molecule has 1 aromatic rings. The van der Waals surface area contributed by atoms with Gasteiger partial charge in [-0.05, 0) is 49.2 Å². The molecule has 22 heavy (non-hydrogen) atoms. The van der Waals surface area contributed by atoms with Crippen LogP contribution in [0.1, 0.15) is 46.5 Å². The Hall–Kier alpha value is -0.513. The van der Waals surface area contributed by atoms with Crippen LogP contribution in [0.5, 0.6) is 0 Å². The van der Waals surface area contributed by atoms with E-state index < -0.39 is 8.32 Å². The fourth-order valence-corrected chi connectivity index (χ4v) is 4.33. The fraction of sp³-hybridized carbons (Fsp3) is 0.667. The van der Waals surface area contributed by atoms with E-state index in [1.54, 1.807) is 0 Å². The van der Waals surface area contributed by atoms with E-state index >= 15 is 0 Å². The van der Waals surface area contributed by atoms with E-state index in [-0.39, 0.29) is 5.04 Å². The van der Waals surface area contributed by atoms with Crippen molar-refractivity contribution in [2.45, 2.75) is 76.7 Å². The molecule has 1 N–H and O–H groups in total. The summed E-state index contributed by atoms with van der Waals surface area (Å²) in [5.41, 5.74) is 1.10. The minimum absolute atomic E-state index is 0.255. The van der Waals surface area contributed by atoms with Crippen LogP contribution >= 0.6 is 11.6 Å². The van der Waals surface area contributed by atoms with E-state index in [1.807, 2.05) is 18.2 Å². The maximum Gasteiger partial charge on any atom is 0.192 e. The van der Waals surface area contributed by atoms with Crippen LogP contribution in [0, 0.1) is 0 Å². The summed E-state index contributed by atoms with van der Waals surface area (Å²) in [4.78, 5) is 0. The third-order valence-electron chi connectivity index (χ3n) is 5.13. The fourth-order valence-electron chi connectivity index (χ4n) is 2.75. The Kier molecular flexibility index (Phi) is 5.62. The number of hydrogen-bond donors (Lipinski definition) is 1. The number of halogens is 1. The Labute approximate surface area is 141 Å². The summed E-state index contributed by atoms with van der Waals surface area (Å²) in [5.74, 6) is 0. The summed E-state index contributed by atoms with van der Waals surface area (Å²) in [6, 6.07) is 8.39. The summed E-state index contributed by atoms with van der Waals surface area (Å²) in [7, 11) is -1.73. The molecule has 0 aromatic heterocycles. The third-order valence-corrected chi connectivity index (χ3v) is 9.87.